The van der Waals surface area contributed by atoms with Crippen LogP contribution in [0.1, 0.15) is 18.9 Å². The smallest absolute Gasteiger partial charge is 0.277 e. The molecule has 0 radical (unpaired) electrons. The van der Waals surface area contributed by atoms with Crippen LogP contribution in [0.2, 0.25) is 0 Å². The van der Waals surface area contributed by atoms with Gasteiger partial charge in [0.05, 0.1) is 14.2 Å². The Morgan fingerprint density at radius 3 is 2.35 bits per heavy atom. The van der Waals surface area contributed by atoms with Gasteiger partial charge in [-0.1, -0.05) is 49.0 Å². The van der Waals surface area contributed by atoms with E-state index in [2.05, 4.69) is 41.4 Å². The van der Waals surface area contributed by atoms with E-state index in [0.717, 1.165) is 18.4 Å². The summed E-state index contributed by atoms with van der Waals surface area (Å²) in [5.74, 6) is 1.82. The highest BCUT2D eigenvalue weighted by molar-refractivity contribution is 7.99. The third-order valence-electron chi connectivity index (χ3n) is 3.99. The highest BCUT2D eigenvalue weighted by Gasteiger charge is 2.14. The van der Waals surface area contributed by atoms with Gasteiger partial charge in [-0.3, -0.25) is 0 Å². The van der Waals surface area contributed by atoms with Crippen molar-refractivity contribution in [1.82, 2.24) is 10.2 Å². The van der Waals surface area contributed by atoms with Gasteiger partial charge in [-0.25, -0.2) is 0 Å². The molecule has 136 valence electrons. The molecule has 0 amide bonds. The van der Waals surface area contributed by atoms with Crippen LogP contribution < -0.4 is 9.47 Å². The molecular formula is C20H22N2O3S. The first-order chi connectivity index (χ1) is 12.7. The maximum absolute atomic E-state index is 5.82. The lowest BCUT2D eigenvalue weighted by molar-refractivity contribution is 0.394. The van der Waals surface area contributed by atoms with Gasteiger partial charge >= 0.3 is 0 Å². The Hall–Kier alpha value is -2.47. The summed E-state index contributed by atoms with van der Waals surface area (Å²) in [7, 11) is 3.23. The van der Waals surface area contributed by atoms with Crippen LogP contribution in [-0.2, 0) is 6.42 Å². The molecule has 3 aromatic rings. The third kappa shape index (κ3) is 4.79. The lowest BCUT2D eigenvalue weighted by Crippen LogP contribution is -1.98. The minimum atomic E-state index is 0.378. The Labute approximate surface area is 157 Å². The summed E-state index contributed by atoms with van der Waals surface area (Å²) in [4.78, 5) is 0. The van der Waals surface area contributed by atoms with E-state index in [9.17, 15) is 0 Å². The molecule has 0 N–H and O–H groups in total. The van der Waals surface area contributed by atoms with Gasteiger partial charge in [0.1, 0.15) is 11.5 Å². The SMILES string of the molecule is COc1cc(OC)cc(-c2nnc(SC(C)CCc3ccccc3)o2)c1. The standard InChI is InChI=1S/C20H22N2O3S/c1-14(9-10-15-7-5-4-6-8-15)26-20-22-21-19(25-20)16-11-17(23-2)13-18(12-16)24-3/h4-8,11-14H,9-10H2,1-3H3. The summed E-state index contributed by atoms with van der Waals surface area (Å²) < 4.78 is 16.4. The molecule has 0 saturated heterocycles. The number of aryl methyl sites for hydroxylation is 1. The van der Waals surface area contributed by atoms with E-state index in [1.165, 1.54) is 5.56 Å². The Morgan fingerprint density at radius 1 is 1.00 bits per heavy atom. The normalized spacial score (nSPS) is 12.0. The minimum absolute atomic E-state index is 0.378. The second-order valence-corrected chi connectivity index (χ2v) is 7.32. The predicted octanol–water partition coefficient (Wildman–Crippen LogP) is 4.87. The van der Waals surface area contributed by atoms with Gasteiger partial charge in [-0.2, -0.15) is 0 Å². The van der Waals surface area contributed by atoms with Crippen molar-refractivity contribution in [3.8, 4) is 23.0 Å². The molecule has 0 spiro atoms. The van der Waals surface area contributed by atoms with Gasteiger partial charge in [-0.15, -0.1) is 10.2 Å². The minimum Gasteiger partial charge on any atom is -0.497 e. The van der Waals surface area contributed by atoms with Crippen molar-refractivity contribution in [3.63, 3.8) is 0 Å². The van der Waals surface area contributed by atoms with E-state index in [1.807, 2.05) is 18.2 Å². The van der Waals surface area contributed by atoms with E-state index in [0.29, 0.717) is 27.9 Å². The quantitative estimate of drug-likeness (QED) is 0.527. The first kappa shape index (κ1) is 18.3. The predicted molar refractivity (Wildman–Crippen MR) is 103 cm³/mol. The summed E-state index contributed by atoms with van der Waals surface area (Å²) in [6, 6.07) is 16.0. The summed E-state index contributed by atoms with van der Waals surface area (Å²) in [5, 5.41) is 9.27. The fraction of sp³-hybridized carbons (Fsp3) is 0.300. The van der Waals surface area contributed by atoms with E-state index < -0.39 is 0 Å². The Bertz CT molecular complexity index is 814. The van der Waals surface area contributed by atoms with Gasteiger partial charge in [0.25, 0.3) is 5.22 Å². The fourth-order valence-corrected chi connectivity index (χ4v) is 3.35. The molecule has 0 aliphatic rings. The Morgan fingerprint density at radius 2 is 1.69 bits per heavy atom. The van der Waals surface area contributed by atoms with Crippen molar-refractivity contribution < 1.29 is 13.9 Å². The van der Waals surface area contributed by atoms with Gasteiger partial charge in [-0.05, 0) is 30.5 Å². The molecule has 6 heteroatoms. The number of rotatable bonds is 8. The van der Waals surface area contributed by atoms with Crippen LogP contribution in [-0.4, -0.2) is 29.7 Å². The lowest BCUT2D eigenvalue weighted by atomic mass is 10.1. The maximum atomic E-state index is 5.82. The largest absolute Gasteiger partial charge is 0.497 e. The fourth-order valence-electron chi connectivity index (χ4n) is 2.55. The highest BCUT2D eigenvalue weighted by atomic mass is 32.2. The van der Waals surface area contributed by atoms with Gasteiger partial charge < -0.3 is 13.9 Å². The van der Waals surface area contributed by atoms with Gasteiger partial charge in [0.15, 0.2) is 0 Å². The zero-order chi connectivity index (χ0) is 18.4. The summed E-state index contributed by atoms with van der Waals surface area (Å²) in [6.07, 6.45) is 2.07. The summed E-state index contributed by atoms with van der Waals surface area (Å²) in [6.45, 7) is 2.17. The average Bonchev–Trinajstić information content (AvgIpc) is 3.15. The molecule has 0 fully saturated rings. The number of methoxy groups -OCH3 is 2. The lowest BCUT2D eigenvalue weighted by Gasteiger charge is -2.08. The monoisotopic (exact) mass is 370 g/mol. The van der Waals surface area contributed by atoms with Crippen molar-refractivity contribution in [2.75, 3.05) is 14.2 Å². The van der Waals surface area contributed by atoms with E-state index in [1.54, 1.807) is 32.0 Å². The van der Waals surface area contributed by atoms with Crippen molar-refractivity contribution >= 4 is 11.8 Å². The summed E-state index contributed by atoms with van der Waals surface area (Å²) in [5.41, 5.74) is 2.12. The molecule has 2 aromatic carbocycles. The van der Waals surface area contributed by atoms with Crippen molar-refractivity contribution in [1.29, 1.82) is 0 Å². The molecule has 0 aliphatic heterocycles. The van der Waals surface area contributed by atoms with Crippen LogP contribution in [0.25, 0.3) is 11.5 Å². The molecule has 1 aromatic heterocycles. The van der Waals surface area contributed by atoms with Crippen LogP contribution in [0, 0.1) is 0 Å². The molecule has 26 heavy (non-hydrogen) atoms. The molecule has 3 rings (SSSR count). The Balaban J connectivity index is 1.64. The third-order valence-corrected chi connectivity index (χ3v) is 4.99. The van der Waals surface area contributed by atoms with Crippen LogP contribution in [0.15, 0.2) is 58.2 Å². The van der Waals surface area contributed by atoms with E-state index in [-0.39, 0.29) is 0 Å². The van der Waals surface area contributed by atoms with E-state index >= 15 is 0 Å². The van der Waals surface area contributed by atoms with Crippen molar-refractivity contribution in [2.45, 2.75) is 30.2 Å². The molecular weight excluding hydrogens is 348 g/mol. The molecule has 5 nitrogen and oxygen atoms in total. The number of thioether (sulfide) groups is 1. The molecule has 1 atom stereocenters. The molecule has 1 unspecified atom stereocenters. The van der Waals surface area contributed by atoms with Crippen LogP contribution >= 0.6 is 11.8 Å². The van der Waals surface area contributed by atoms with E-state index in [4.69, 9.17) is 13.9 Å². The number of hydrogen-bond donors (Lipinski definition) is 0. The highest BCUT2D eigenvalue weighted by Crippen LogP contribution is 2.32. The molecule has 0 aliphatic carbocycles. The van der Waals surface area contributed by atoms with Gasteiger partial charge in [0.2, 0.25) is 5.89 Å². The molecule has 0 bridgehead atoms. The number of aromatic nitrogens is 2. The average molecular weight is 370 g/mol. The number of nitrogens with zero attached hydrogens (tertiary/aromatic N) is 2. The maximum Gasteiger partial charge on any atom is 0.277 e. The number of ether oxygens (including phenoxy) is 2. The molecule has 1 heterocycles. The molecule has 0 saturated carbocycles. The van der Waals surface area contributed by atoms with Crippen LogP contribution in [0.3, 0.4) is 0 Å². The van der Waals surface area contributed by atoms with Crippen LogP contribution in [0.5, 0.6) is 11.5 Å². The first-order valence-corrected chi connectivity index (χ1v) is 9.33. The topological polar surface area (TPSA) is 57.4 Å². The van der Waals surface area contributed by atoms with Crippen molar-refractivity contribution in [2.24, 2.45) is 0 Å². The summed E-state index contributed by atoms with van der Waals surface area (Å²) >= 11 is 1.60. The first-order valence-electron chi connectivity index (χ1n) is 8.45. The van der Waals surface area contributed by atoms with Crippen molar-refractivity contribution in [3.05, 3.63) is 54.1 Å². The van der Waals surface area contributed by atoms with Gasteiger partial charge in [0, 0.05) is 16.9 Å². The second-order valence-electron chi connectivity index (χ2n) is 5.93. The van der Waals surface area contributed by atoms with Crippen LogP contribution in [0.4, 0.5) is 0 Å². The number of benzene rings is 2. The Kier molecular flexibility index (Phi) is 6.17. The zero-order valence-electron chi connectivity index (χ0n) is 15.1. The zero-order valence-corrected chi connectivity index (χ0v) is 16.0. The number of hydrogen-bond acceptors (Lipinski definition) is 6. The second kappa shape index (κ2) is 8.76.